The average Bonchev–Trinajstić information content (AvgIpc) is 3.64. The molecule has 4 N–H and O–H groups in total. The summed E-state index contributed by atoms with van der Waals surface area (Å²) >= 11 is 0. The molecule has 0 aliphatic carbocycles. The third kappa shape index (κ3) is 22.0. The van der Waals surface area contributed by atoms with Gasteiger partial charge in [-0.05, 0) is 66.3 Å². The van der Waals surface area contributed by atoms with Crippen LogP contribution in [-0.2, 0) is 9.53 Å². The van der Waals surface area contributed by atoms with Gasteiger partial charge in [0.25, 0.3) is 0 Å². The molecule has 0 aromatic carbocycles. The number of carbonyl (C=O) groups excluding carboxylic acids is 1. The molecule has 4 rings (SSSR count). The molecular weight excluding hydrogens is 480 g/mol. The zero-order chi connectivity index (χ0) is 28.4. The molecule has 0 saturated carbocycles. The number of aliphatic imine (C=N–C) groups is 3. The van der Waals surface area contributed by atoms with Crippen molar-refractivity contribution in [3.05, 3.63) is 0 Å². The Morgan fingerprint density at radius 1 is 1.05 bits per heavy atom. The maximum absolute atomic E-state index is 10.7. The summed E-state index contributed by atoms with van der Waals surface area (Å²) < 4.78 is 5.22. The minimum atomic E-state index is 0.231. The van der Waals surface area contributed by atoms with E-state index in [1.165, 1.54) is 44.2 Å². The maximum Gasteiger partial charge on any atom is 0.219 e. The van der Waals surface area contributed by atoms with Crippen LogP contribution >= 0.6 is 0 Å². The van der Waals surface area contributed by atoms with Gasteiger partial charge < -0.3 is 26.0 Å². The van der Waals surface area contributed by atoms with Crippen molar-refractivity contribution in [2.24, 2.45) is 20.7 Å². The molecule has 2 saturated heterocycles. The van der Waals surface area contributed by atoms with E-state index in [-0.39, 0.29) is 5.91 Å². The van der Waals surface area contributed by atoms with Crippen LogP contribution in [0.3, 0.4) is 0 Å². The van der Waals surface area contributed by atoms with Crippen molar-refractivity contribution in [1.82, 2.24) is 20.4 Å². The lowest BCUT2D eigenvalue weighted by Gasteiger charge is -2.26. The van der Waals surface area contributed by atoms with Crippen LogP contribution in [0.5, 0.6) is 0 Å². The summed E-state index contributed by atoms with van der Waals surface area (Å²) in [6.45, 7) is 21.6. The smallest absolute Gasteiger partial charge is 0.219 e. The molecule has 0 unspecified atom stereocenters. The standard InChI is InChI=1S/C7H16N2O.C7H13NO.C6H11N.C4H8N2.C4H10N2/c1-8-2-3-9-4-6-10-7-5-9;1-7(9)8-5-3-2-4-6-8;1-2-6-4-3-5-7-6;1-4-5-2-3-6-4;1-3-6-4(2)5/h8H,2-7H2,1H3;2-6H2,1H3;2-5H2,1H3;2-3H2,1H3,(H,5,6);3H2,1-2H3,(H2,5,6). The first-order valence-electron chi connectivity index (χ1n) is 14.6. The summed E-state index contributed by atoms with van der Waals surface area (Å²) in [5.41, 5.74) is 6.57. The average molecular weight is 539 g/mol. The molecule has 0 spiro atoms. The van der Waals surface area contributed by atoms with Crippen LogP contribution in [-0.4, -0.2) is 119 Å². The number of amidine groups is 2. The number of hydrogen-bond donors (Lipinski definition) is 3. The minimum absolute atomic E-state index is 0.231. The third-order valence-corrected chi connectivity index (χ3v) is 6.20. The lowest BCUT2D eigenvalue weighted by Crippen LogP contribution is -2.39. The summed E-state index contributed by atoms with van der Waals surface area (Å²) in [5, 5.41) is 6.20. The second-order valence-corrected chi connectivity index (χ2v) is 9.54. The number of rotatable bonds is 5. The van der Waals surface area contributed by atoms with Crippen LogP contribution < -0.4 is 16.4 Å². The highest BCUT2D eigenvalue weighted by atomic mass is 16.5. The Bertz CT molecular complexity index is 666. The zero-order valence-electron chi connectivity index (χ0n) is 25.4. The van der Waals surface area contributed by atoms with E-state index in [1.807, 2.05) is 25.8 Å². The zero-order valence-corrected chi connectivity index (χ0v) is 25.4. The first-order chi connectivity index (χ1) is 18.3. The van der Waals surface area contributed by atoms with Gasteiger partial charge in [-0.2, -0.15) is 0 Å². The molecular formula is C28H58N8O2. The molecule has 0 atom stereocenters. The Balaban J connectivity index is 0.000000458. The summed E-state index contributed by atoms with van der Waals surface area (Å²) in [6.07, 6.45) is 7.41. The van der Waals surface area contributed by atoms with Gasteiger partial charge in [-0.15, -0.1) is 0 Å². The van der Waals surface area contributed by atoms with E-state index in [9.17, 15) is 4.79 Å². The van der Waals surface area contributed by atoms with Crippen molar-refractivity contribution >= 4 is 23.3 Å². The Hall–Kier alpha value is -2.04. The van der Waals surface area contributed by atoms with Crippen LogP contribution in [0.15, 0.2) is 15.0 Å². The van der Waals surface area contributed by atoms with Crippen molar-refractivity contribution in [1.29, 1.82) is 0 Å². The van der Waals surface area contributed by atoms with E-state index < -0.39 is 0 Å². The molecule has 0 bridgehead atoms. The van der Waals surface area contributed by atoms with Crippen LogP contribution in [0.25, 0.3) is 0 Å². The molecule has 10 nitrogen and oxygen atoms in total. The van der Waals surface area contributed by atoms with Crippen LogP contribution in [0.2, 0.25) is 0 Å². The number of likely N-dealkylation sites (N-methyl/N-ethyl adjacent to an activating group) is 1. The van der Waals surface area contributed by atoms with Gasteiger partial charge >= 0.3 is 0 Å². The number of likely N-dealkylation sites (tertiary alicyclic amines) is 1. The Morgan fingerprint density at radius 2 is 1.74 bits per heavy atom. The molecule has 4 heterocycles. The van der Waals surface area contributed by atoms with E-state index >= 15 is 0 Å². The van der Waals surface area contributed by atoms with Crippen molar-refractivity contribution in [3.8, 4) is 0 Å². The van der Waals surface area contributed by atoms with Gasteiger partial charge in [-0.3, -0.25) is 24.7 Å². The SMILES string of the molecule is CC(=O)N1CCCCC1.CC1=NCCN1.CCC1=NCCC1.CCN=C(C)N.CNCCN1CCOCC1. The fraction of sp³-hybridized carbons (Fsp3) is 0.857. The van der Waals surface area contributed by atoms with Crippen LogP contribution in [0, 0.1) is 0 Å². The number of piperidine rings is 1. The topological polar surface area (TPSA) is 120 Å². The predicted molar refractivity (Wildman–Crippen MR) is 163 cm³/mol. The van der Waals surface area contributed by atoms with Gasteiger partial charge in [0, 0.05) is 71.5 Å². The fourth-order valence-electron chi connectivity index (χ4n) is 3.96. The summed E-state index contributed by atoms with van der Waals surface area (Å²) in [6, 6.07) is 0. The number of nitrogens with one attached hydrogen (secondary N) is 2. The molecule has 222 valence electrons. The molecule has 10 heteroatoms. The number of hydrogen-bond acceptors (Lipinski definition) is 8. The highest BCUT2D eigenvalue weighted by molar-refractivity contribution is 5.85. The van der Waals surface area contributed by atoms with Crippen LogP contribution in [0.4, 0.5) is 0 Å². The summed E-state index contributed by atoms with van der Waals surface area (Å²) in [7, 11) is 1.99. The van der Waals surface area contributed by atoms with Crippen molar-refractivity contribution < 1.29 is 9.53 Å². The molecule has 0 aromatic heterocycles. The summed E-state index contributed by atoms with van der Waals surface area (Å²) in [5.74, 6) is 1.97. The lowest BCUT2D eigenvalue weighted by molar-refractivity contribution is -0.129. The minimum Gasteiger partial charge on any atom is -0.388 e. The molecule has 0 radical (unpaired) electrons. The normalized spacial score (nSPS) is 19.0. The number of nitrogens with zero attached hydrogens (tertiary/aromatic N) is 5. The predicted octanol–water partition coefficient (Wildman–Crippen LogP) is 2.58. The van der Waals surface area contributed by atoms with Gasteiger partial charge in [0.2, 0.25) is 5.91 Å². The number of carbonyl (C=O) groups is 1. The third-order valence-electron chi connectivity index (χ3n) is 6.20. The maximum atomic E-state index is 10.7. The van der Waals surface area contributed by atoms with Crippen molar-refractivity contribution in [2.45, 2.75) is 73.1 Å². The molecule has 38 heavy (non-hydrogen) atoms. The first-order valence-corrected chi connectivity index (χ1v) is 14.6. The Kier molecular flexibility index (Phi) is 23.9. The summed E-state index contributed by atoms with van der Waals surface area (Å²) in [4.78, 5) is 27.2. The second-order valence-electron chi connectivity index (χ2n) is 9.54. The molecule has 2 fully saturated rings. The van der Waals surface area contributed by atoms with Gasteiger partial charge in [-0.1, -0.05) is 6.92 Å². The van der Waals surface area contributed by atoms with Crippen LogP contribution in [0.1, 0.15) is 73.1 Å². The second kappa shape index (κ2) is 25.2. The van der Waals surface area contributed by atoms with Crippen molar-refractivity contribution in [2.75, 3.05) is 85.7 Å². The van der Waals surface area contributed by atoms with Gasteiger partial charge in [0.05, 0.1) is 31.4 Å². The quantitative estimate of drug-likeness (QED) is 0.366. The van der Waals surface area contributed by atoms with Gasteiger partial charge in [0.15, 0.2) is 0 Å². The van der Waals surface area contributed by atoms with E-state index in [2.05, 4.69) is 37.4 Å². The fourth-order valence-corrected chi connectivity index (χ4v) is 3.96. The van der Waals surface area contributed by atoms with E-state index in [4.69, 9.17) is 10.5 Å². The molecule has 4 aliphatic heterocycles. The number of ether oxygens (including phenoxy) is 1. The highest BCUT2D eigenvalue weighted by Crippen LogP contribution is 2.07. The van der Waals surface area contributed by atoms with E-state index in [0.29, 0.717) is 5.84 Å². The Morgan fingerprint density at radius 3 is 2.05 bits per heavy atom. The monoisotopic (exact) mass is 538 g/mol. The van der Waals surface area contributed by atoms with Crippen molar-refractivity contribution in [3.63, 3.8) is 0 Å². The van der Waals surface area contributed by atoms with E-state index in [1.54, 1.807) is 13.8 Å². The largest absolute Gasteiger partial charge is 0.388 e. The van der Waals surface area contributed by atoms with Gasteiger partial charge in [-0.25, -0.2) is 0 Å². The first kappa shape index (κ1) is 36.0. The molecule has 0 aromatic rings. The lowest BCUT2D eigenvalue weighted by atomic mass is 10.1. The number of amides is 1. The molecule has 1 amide bonds. The van der Waals surface area contributed by atoms with Gasteiger partial charge in [0.1, 0.15) is 0 Å². The Labute approximate surface area is 233 Å². The highest BCUT2D eigenvalue weighted by Gasteiger charge is 2.11. The number of nitrogens with two attached hydrogens (primary N) is 1. The number of morpholine rings is 1. The van der Waals surface area contributed by atoms with E-state index in [0.717, 1.165) is 84.5 Å². The molecule has 4 aliphatic rings.